The summed E-state index contributed by atoms with van der Waals surface area (Å²) in [6, 6.07) is 8.71. The van der Waals surface area contributed by atoms with Gasteiger partial charge in [0.25, 0.3) is 0 Å². The summed E-state index contributed by atoms with van der Waals surface area (Å²) >= 11 is 0. The average molecular weight is 273 g/mol. The molecule has 1 aromatic rings. The molecule has 0 bridgehead atoms. The largest absolute Gasteiger partial charge is 0.373 e. The summed E-state index contributed by atoms with van der Waals surface area (Å²) < 4.78 is 6.06. The summed E-state index contributed by atoms with van der Waals surface area (Å²) in [6.07, 6.45) is 5.80. The quantitative estimate of drug-likeness (QED) is 0.888. The van der Waals surface area contributed by atoms with E-state index >= 15 is 0 Å². The highest BCUT2D eigenvalue weighted by Crippen LogP contribution is 2.41. The minimum atomic E-state index is -0.0494. The molecule has 110 valence electrons. The Morgan fingerprint density at radius 2 is 1.90 bits per heavy atom. The zero-order valence-electron chi connectivity index (χ0n) is 12.8. The minimum absolute atomic E-state index is 0.0494. The van der Waals surface area contributed by atoms with Gasteiger partial charge in [0.1, 0.15) is 0 Å². The third-order valence-electron chi connectivity index (χ3n) is 5.00. The van der Waals surface area contributed by atoms with Gasteiger partial charge >= 0.3 is 0 Å². The number of ether oxygens (including phenoxy) is 1. The fraction of sp³-hybridized carbons (Fsp3) is 0.667. The van der Waals surface area contributed by atoms with Crippen molar-refractivity contribution < 1.29 is 4.74 Å². The molecule has 1 fully saturated rings. The van der Waals surface area contributed by atoms with Gasteiger partial charge in [0.15, 0.2) is 0 Å². The first-order valence-electron chi connectivity index (χ1n) is 8.04. The van der Waals surface area contributed by atoms with Gasteiger partial charge in [-0.1, -0.05) is 38.1 Å². The summed E-state index contributed by atoms with van der Waals surface area (Å²) in [6.45, 7) is 5.52. The Morgan fingerprint density at radius 3 is 2.65 bits per heavy atom. The second kappa shape index (κ2) is 5.50. The van der Waals surface area contributed by atoms with Gasteiger partial charge in [-0.3, -0.25) is 0 Å². The Morgan fingerprint density at radius 1 is 1.20 bits per heavy atom. The first-order valence-corrected chi connectivity index (χ1v) is 8.04. The fourth-order valence-corrected chi connectivity index (χ4v) is 4.51. The number of rotatable bonds is 2. The van der Waals surface area contributed by atoms with E-state index in [0.29, 0.717) is 0 Å². The molecule has 0 radical (unpaired) electrons. The molecular weight excluding hydrogens is 246 g/mol. The molecule has 20 heavy (non-hydrogen) atoms. The van der Waals surface area contributed by atoms with Crippen LogP contribution in [0.3, 0.4) is 0 Å². The lowest BCUT2D eigenvalue weighted by Crippen LogP contribution is -2.47. The van der Waals surface area contributed by atoms with E-state index in [1.54, 1.807) is 0 Å². The molecular formula is C18H27NO. The zero-order chi connectivity index (χ0) is 14.2. The highest BCUT2D eigenvalue weighted by Gasteiger charge is 2.38. The molecule has 2 nitrogen and oxygen atoms in total. The van der Waals surface area contributed by atoms with Crippen LogP contribution in [0.4, 0.5) is 0 Å². The lowest BCUT2D eigenvalue weighted by atomic mass is 9.69. The van der Waals surface area contributed by atoms with E-state index in [-0.39, 0.29) is 11.6 Å². The maximum Gasteiger partial charge on any atom is 0.0845 e. The van der Waals surface area contributed by atoms with Crippen LogP contribution in [0.1, 0.15) is 56.8 Å². The minimum Gasteiger partial charge on any atom is -0.373 e. The van der Waals surface area contributed by atoms with Crippen molar-refractivity contribution in [2.45, 2.75) is 57.6 Å². The van der Waals surface area contributed by atoms with Crippen LogP contribution in [-0.4, -0.2) is 12.1 Å². The van der Waals surface area contributed by atoms with Crippen molar-refractivity contribution in [2.24, 2.45) is 17.6 Å². The number of nitrogens with two attached hydrogens (primary N) is 1. The molecule has 0 amide bonds. The van der Waals surface area contributed by atoms with E-state index in [9.17, 15) is 0 Å². The first kappa shape index (κ1) is 14.1. The fourth-order valence-electron chi connectivity index (χ4n) is 4.51. The third-order valence-corrected chi connectivity index (χ3v) is 5.00. The summed E-state index contributed by atoms with van der Waals surface area (Å²) in [7, 11) is 0. The lowest BCUT2D eigenvalue weighted by Gasteiger charge is -2.43. The second-order valence-electron chi connectivity index (χ2n) is 7.23. The molecule has 0 spiro atoms. The van der Waals surface area contributed by atoms with Crippen molar-refractivity contribution >= 4 is 0 Å². The van der Waals surface area contributed by atoms with Gasteiger partial charge in [0.05, 0.1) is 12.7 Å². The molecule has 3 unspecified atom stereocenters. The van der Waals surface area contributed by atoms with Crippen molar-refractivity contribution in [3.05, 3.63) is 35.4 Å². The van der Waals surface area contributed by atoms with E-state index in [4.69, 9.17) is 10.5 Å². The third kappa shape index (κ3) is 2.91. The van der Waals surface area contributed by atoms with E-state index in [1.165, 1.54) is 17.5 Å². The van der Waals surface area contributed by atoms with E-state index < -0.39 is 0 Å². The Bertz CT molecular complexity index is 460. The Labute approximate surface area is 122 Å². The maximum atomic E-state index is 6.75. The number of hydrogen-bond donors (Lipinski definition) is 1. The number of fused-ring (bicyclic) bond motifs is 1. The maximum absolute atomic E-state index is 6.75. The van der Waals surface area contributed by atoms with Gasteiger partial charge in [0, 0.05) is 5.54 Å². The van der Waals surface area contributed by atoms with E-state index in [2.05, 4.69) is 38.1 Å². The van der Waals surface area contributed by atoms with Gasteiger partial charge in [-0.25, -0.2) is 0 Å². The van der Waals surface area contributed by atoms with Crippen LogP contribution >= 0.6 is 0 Å². The van der Waals surface area contributed by atoms with Crippen LogP contribution in [0.15, 0.2) is 24.3 Å². The number of benzene rings is 1. The highest BCUT2D eigenvalue weighted by molar-refractivity contribution is 5.31. The van der Waals surface area contributed by atoms with Gasteiger partial charge in [-0.15, -0.1) is 0 Å². The Balaban J connectivity index is 1.78. The molecule has 1 heterocycles. The standard InChI is InChI=1S/C18H27NO/c1-13-9-14(2)11-18(19,10-13)12-17-16-6-4-3-5-15(16)7-8-20-17/h3-6,13-14,17H,7-12,19H2,1-2H3. The van der Waals surface area contributed by atoms with Gasteiger partial charge in [-0.05, 0) is 55.1 Å². The summed E-state index contributed by atoms with van der Waals surface area (Å²) in [5.41, 5.74) is 9.52. The first-order chi connectivity index (χ1) is 9.56. The average Bonchev–Trinajstić information content (AvgIpc) is 2.37. The second-order valence-corrected chi connectivity index (χ2v) is 7.23. The number of hydrogen-bond acceptors (Lipinski definition) is 2. The summed E-state index contributed by atoms with van der Waals surface area (Å²) in [5.74, 6) is 1.48. The molecule has 2 N–H and O–H groups in total. The molecule has 1 saturated carbocycles. The molecule has 0 saturated heterocycles. The topological polar surface area (TPSA) is 35.2 Å². The van der Waals surface area contributed by atoms with Crippen LogP contribution in [0.5, 0.6) is 0 Å². The lowest BCUT2D eigenvalue weighted by molar-refractivity contribution is 0.00802. The van der Waals surface area contributed by atoms with Crippen LogP contribution in [0.25, 0.3) is 0 Å². The Hall–Kier alpha value is -0.860. The molecule has 2 heteroatoms. The Kier molecular flexibility index (Phi) is 3.87. The molecule has 1 aliphatic carbocycles. The molecule has 1 aromatic carbocycles. The van der Waals surface area contributed by atoms with Gasteiger partial charge in [0.2, 0.25) is 0 Å². The van der Waals surface area contributed by atoms with Crippen LogP contribution < -0.4 is 5.73 Å². The predicted octanol–water partition coefficient (Wildman–Crippen LogP) is 3.84. The van der Waals surface area contributed by atoms with Gasteiger partial charge in [-0.2, -0.15) is 0 Å². The molecule has 3 rings (SSSR count). The molecule has 3 atom stereocenters. The van der Waals surface area contributed by atoms with Crippen molar-refractivity contribution in [3.8, 4) is 0 Å². The monoisotopic (exact) mass is 273 g/mol. The van der Waals surface area contributed by atoms with Crippen molar-refractivity contribution in [3.63, 3.8) is 0 Å². The van der Waals surface area contributed by atoms with Crippen molar-refractivity contribution in [1.29, 1.82) is 0 Å². The van der Waals surface area contributed by atoms with Crippen LogP contribution in [0.2, 0.25) is 0 Å². The SMILES string of the molecule is CC1CC(C)CC(N)(CC2OCCc3ccccc32)C1. The van der Waals surface area contributed by atoms with Crippen molar-refractivity contribution in [1.82, 2.24) is 0 Å². The smallest absolute Gasteiger partial charge is 0.0845 e. The van der Waals surface area contributed by atoms with Gasteiger partial charge < -0.3 is 10.5 Å². The zero-order valence-corrected chi connectivity index (χ0v) is 12.8. The van der Waals surface area contributed by atoms with E-state index in [1.807, 2.05) is 0 Å². The highest BCUT2D eigenvalue weighted by atomic mass is 16.5. The summed E-state index contributed by atoms with van der Waals surface area (Å²) in [5, 5.41) is 0. The molecule has 0 aromatic heterocycles. The van der Waals surface area contributed by atoms with Crippen LogP contribution in [-0.2, 0) is 11.2 Å². The predicted molar refractivity (Wildman–Crippen MR) is 82.6 cm³/mol. The normalized spacial score (nSPS) is 37.5. The van der Waals surface area contributed by atoms with Crippen LogP contribution in [0, 0.1) is 11.8 Å². The molecule has 1 aliphatic heterocycles. The molecule has 2 aliphatic rings. The van der Waals surface area contributed by atoms with E-state index in [0.717, 1.165) is 44.1 Å². The summed E-state index contributed by atoms with van der Waals surface area (Å²) in [4.78, 5) is 0. The van der Waals surface area contributed by atoms with Crippen molar-refractivity contribution in [2.75, 3.05) is 6.61 Å².